The highest BCUT2D eigenvalue weighted by molar-refractivity contribution is 7.99. The largest absolute Gasteiger partial charge is 0.395 e. The first-order chi connectivity index (χ1) is 13.9. The van der Waals surface area contributed by atoms with E-state index < -0.39 is 0 Å². The van der Waals surface area contributed by atoms with Crippen LogP contribution >= 0.6 is 23.4 Å². The number of rotatable bonds is 8. The molecule has 0 unspecified atom stereocenters. The Morgan fingerprint density at radius 3 is 2.31 bits per heavy atom. The molecule has 154 valence electrons. The maximum Gasteiger partial charge on any atom is 0.196 e. The third-order valence-electron chi connectivity index (χ3n) is 4.53. The summed E-state index contributed by atoms with van der Waals surface area (Å²) < 4.78 is 2.07. The second-order valence-corrected chi connectivity index (χ2v) is 9.27. The zero-order valence-corrected chi connectivity index (χ0v) is 18.6. The first kappa shape index (κ1) is 21.8. The maximum absolute atomic E-state index is 8.89. The lowest BCUT2D eigenvalue weighted by Gasteiger charge is -2.19. The Morgan fingerprint density at radius 2 is 1.69 bits per heavy atom. The number of thioether (sulfide) groups is 1. The van der Waals surface area contributed by atoms with Gasteiger partial charge in [-0.3, -0.25) is 4.57 Å². The summed E-state index contributed by atoms with van der Waals surface area (Å²) in [6.07, 6.45) is 0. The summed E-state index contributed by atoms with van der Waals surface area (Å²) in [5.41, 5.74) is 3.37. The first-order valence-electron chi connectivity index (χ1n) is 9.67. The number of halogens is 1. The van der Waals surface area contributed by atoms with Crippen molar-refractivity contribution in [3.63, 3.8) is 0 Å². The van der Waals surface area contributed by atoms with Crippen LogP contribution in [0.25, 0.3) is 17.1 Å². The second-order valence-electron chi connectivity index (χ2n) is 7.77. The van der Waals surface area contributed by atoms with E-state index in [2.05, 4.69) is 65.1 Å². The molecule has 0 atom stereocenters. The molecule has 1 aromatic heterocycles. The Labute approximate surface area is 181 Å². The van der Waals surface area contributed by atoms with Crippen LogP contribution in [0.15, 0.2) is 53.7 Å². The van der Waals surface area contributed by atoms with Gasteiger partial charge < -0.3 is 10.4 Å². The molecule has 0 aliphatic heterocycles. The van der Waals surface area contributed by atoms with Gasteiger partial charge in [0, 0.05) is 35.1 Å². The lowest BCUT2D eigenvalue weighted by atomic mass is 9.87. The average Bonchev–Trinajstić information content (AvgIpc) is 3.12. The highest BCUT2D eigenvalue weighted by atomic mass is 35.5. The van der Waals surface area contributed by atoms with E-state index in [1.165, 1.54) is 5.56 Å². The molecule has 0 saturated carbocycles. The average molecular weight is 431 g/mol. The SMILES string of the molecule is CC(C)(C)c1ccc(-c2nnc(SCCNCCO)n2-c2ccc(Cl)cc2)cc1. The van der Waals surface area contributed by atoms with Gasteiger partial charge in [-0.25, -0.2) is 0 Å². The van der Waals surface area contributed by atoms with Crippen LogP contribution in [0, 0.1) is 0 Å². The summed E-state index contributed by atoms with van der Waals surface area (Å²) in [6, 6.07) is 16.2. The summed E-state index contributed by atoms with van der Waals surface area (Å²) in [5, 5.41) is 22.5. The minimum absolute atomic E-state index is 0.102. The molecule has 1 heterocycles. The number of hydrogen-bond donors (Lipinski definition) is 2. The summed E-state index contributed by atoms with van der Waals surface area (Å²) in [4.78, 5) is 0. The van der Waals surface area contributed by atoms with E-state index in [9.17, 15) is 0 Å². The minimum Gasteiger partial charge on any atom is -0.395 e. The molecule has 0 radical (unpaired) electrons. The van der Waals surface area contributed by atoms with Crippen molar-refractivity contribution in [1.29, 1.82) is 0 Å². The fraction of sp³-hybridized carbons (Fsp3) is 0.364. The molecule has 2 aromatic carbocycles. The van der Waals surface area contributed by atoms with Gasteiger partial charge >= 0.3 is 0 Å². The Balaban J connectivity index is 1.93. The van der Waals surface area contributed by atoms with Crippen molar-refractivity contribution in [3.8, 4) is 17.1 Å². The third-order valence-corrected chi connectivity index (χ3v) is 5.71. The number of hydrogen-bond acceptors (Lipinski definition) is 5. The Hall–Kier alpha value is -1.86. The standard InChI is InChI=1S/C22H27ClN4OS/c1-22(2,3)17-6-4-16(5-7-17)20-25-26-21(29-15-13-24-12-14-28)27(20)19-10-8-18(23)9-11-19/h4-11,24,28H,12-15H2,1-3H3. The Morgan fingerprint density at radius 1 is 1.00 bits per heavy atom. The minimum atomic E-state index is 0.102. The molecule has 3 rings (SSSR count). The fourth-order valence-electron chi connectivity index (χ4n) is 2.91. The van der Waals surface area contributed by atoms with Crippen LogP contribution in [0.1, 0.15) is 26.3 Å². The van der Waals surface area contributed by atoms with Crippen molar-refractivity contribution in [2.75, 3.05) is 25.4 Å². The number of benzene rings is 2. The molecule has 0 aliphatic rings. The van der Waals surface area contributed by atoms with Crippen LogP contribution in [0.2, 0.25) is 5.02 Å². The van der Waals surface area contributed by atoms with E-state index in [1.54, 1.807) is 11.8 Å². The molecular formula is C22H27ClN4OS. The van der Waals surface area contributed by atoms with Gasteiger partial charge in [-0.05, 0) is 35.2 Å². The van der Waals surface area contributed by atoms with E-state index in [-0.39, 0.29) is 12.0 Å². The van der Waals surface area contributed by atoms with Crippen molar-refractivity contribution < 1.29 is 5.11 Å². The van der Waals surface area contributed by atoms with Crippen LogP contribution in [-0.2, 0) is 5.41 Å². The molecule has 29 heavy (non-hydrogen) atoms. The van der Waals surface area contributed by atoms with E-state index in [0.717, 1.165) is 34.5 Å². The zero-order chi connectivity index (χ0) is 20.9. The molecule has 2 N–H and O–H groups in total. The summed E-state index contributed by atoms with van der Waals surface area (Å²) >= 11 is 7.72. The van der Waals surface area contributed by atoms with Gasteiger partial charge in [0.15, 0.2) is 11.0 Å². The van der Waals surface area contributed by atoms with Crippen molar-refractivity contribution in [3.05, 3.63) is 59.1 Å². The number of aliphatic hydroxyl groups is 1. The number of nitrogens with one attached hydrogen (secondary N) is 1. The smallest absolute Gasteiger partial charge is 0.196 e. The molecule has 3 aromatic rings. The zero-order valence-electron chi connectivity index (χ0n) is 17.0. The maximum atomic E-state index is 8.89. The molecule has 0 spiro atoms. The summed E-state index contributed by atoms with van der Waals surface area (Å²) in [6.45, 7) is 8.14. The van der Waals surface area contributed by atoms with Crippen molar-refractivity contribution in [2.24, 2.45) is 0 Å². The number of aliphatic hydroxyl groups excluding tert-OH is 1. The van der Waals surface area contributed by atoms with Crippen LogP contribution < -0.4 is 5.32 Å². The van der Waals surface area contributed by atoms with Gasteiger partial charge in [-0.15, -0.1) is 10.2 Å². The van der Waals surface area contributed by atoms with Crippen molar-refractivity contribution in [2.45, 2.75) is 31.3 Å². The monoisotopic (exact) mass is 430 g/mol. The lowest BCUT2D eigenvalue weighted by molar-refractivity contribution is 0.294. The second kappa shape index (κ2) is 9.76. The number of aromatic nitrogens is 3. The van der Waals surface area contributed by atoms with Gasteiger partial charge in [0.25, 0.3) is 0 Å². The fourth-order valence-corrected chi connectivity index (χ4v) is 3.89. The predicted molar refractivity (Wildman–Crippen MR) is 121 cm³/mol. The molecule has 0 saturated heterocycles. The Bertz CT molecular complexity index is 917. The highest BCUT2D eigenvalue weighted by Gasteiger charge is 2.18. The summed E-state index contributed by atoms with van der Waals surface area (Å²) in [5.74, 6) is 1.63. The van der Waals surface area contributed by atoms with Gasteiger partial charge in [-0.2, -0.15) is 0 Å². The van der Waals surface area contributed by atoms with Gasteiger partial charge in [0.05, 0.1) is 6.61 Å². The summed E-state index contributed by atoms with van der Waals surface area (Å²) in [7, 11) is 0. The molecule has 7 heteroatoms. The highest BCUT2D eigenvalue weighted by Crippen LogP contribution is 2.30. The molecule has 0 aliphatic carbocycles. The molecule has 5 nitrogen and oxygen atoms in total. The van der Waals surface area contributed by atoms with Gasteiger partial charge in [0.2, 0.25) is 0 Å². The third kappa shape index (κ3) is 5.60. The molecule has 0 amide bonds. The number of nitrogens with zero attached hydrogens (tertiary/aromatic N) is 3. The van der Waals surface area contributed by atoms with Crippen LogP contribution in [0.3, 0.4) is 0 Å². The topological polar surface area (TPSA) is 63.0 Å². The van der Waals surface area contributed by atoms with Crippen LogP contribution in [0.4, 0.5) is 0 Å². The van der Waals surface area contributed by atoms with E-state index in [1.807, 2.05) is 24.3 Å². The van der Waals surface area contributed by atoms with Gasteiger partial charge in [-0.1, -0.05) is 68.4 Å². The quantitative estimate of drug-likeness (QED) is 0.405. The van der Waals surface area contributed by atoms with E-state index in [0.29, 0.717) is 11.6 Å². The van der Waals surface area contributed by atoms with Crippen LogP contribution in [-0.4, -0.2) is 45.3 Å². The molecular weight excluding hydrogens is 404 g/mol. The predicted octanol–water partition coefficient (Wildman–Crippen LogP) is 4.56. The van der Waals surface area contributed by atoms with Crippen LogP contribution in [0.5, 0.6) is 0 Å². The normalized spacial score (nSPS) is 11.8. The van der Waals surface area contributed by atoms with E-state index in [4.69, 9.17) is 16.7 Å². The lowest BCUT2D eigenvalue weighted by Crippen LogP contribution is -2.20. The first-order valence-corrected chi connectivity index (χ1v) is 11.0. The van der Waals surface area contributed by atoms with Crippen molar-refractivity contribution in [1.82, 2.24) is 20.1 Å². The molecule has 0 fully saturated rings. The van der Waals surface area contributed by atoms with Gasteiger partial charge in [0.1, 0.15) is 0 Å². The van der Waals surface area contributed by atoms with Crippen molar-refractivity contribution >= 4 is 23.4 Å². The Kier molecular flexibility index (Phi) is 7.35. The van der Waals surface area contributed by atoms with E-state index >= 15 is 0 Å². The molecule has 0 bridgehead atoms.